The highest BCUT2D eigenvalue weighted by molar-refractivity contribution is 7.91. The Morgan fingerprint density at radius 1 is 1.04 bits per heavy atom. The van der Waals surface area contributed by atoms with E-state index in [1.54, 1.807) is 0 Å². The number of aromatic nitrogens is 5. The van der Waals surface area contributed by atoms with Gasteiger partial charge in [-0.15, -0.1) is 0 Å². The molecule has 1 N–H and O–H groups in total. The van der Waals surface area contributed by atoms with Crippen molar-refractivity contribution in [2.45, 2.75) is 5.75 Å². The van der Waals surface area contributed by atoms with E-state index in [9.17, 15) is 17.2 Å². The average Bonchev–Trinajstić information content (AvgIpc) is 2.99. The molecule has 0 atom stereocenters. The third-order valence-electron chi connectivity index (χ3n) is 2.85. The molecular weight excluding hydrogens is 342 g/mol. The lowest BCUT2D eigenvalue weighted by atomic mass is 10.2. The van der Waals surface area contributed by atoms with Gasteiger partial charge >= 0.3 is 0 Å². The average molecular weight is 352 g/mol. The van der Waals surface area contributed by atoms with Crippen LogP contribution < -0.4 is 4.72 Å². The van der Waals surface area contributed by atoms with Gasteiger partial charge in [0.15, 0.2) is 5.82 Å². The summed E-state index contributed by atoms with van der Waals surface area (Å²) in [6.07, 6.45) is 3.83. The second-order valence-corrected chi connectivity index (χ2v) is 6.46. The molecule has 2 aromatic heterocycles. The van der Waals surface area contributed by atoms with Gasteiger partial charge < -0.3 is 0 Å². The Balaban J connectivity index is 1.80. The Labute approximate surface area is 135 Å². The number of halogens is 2. The summed E-state index contributed by atoms with van der Waals surface area (Å²) in [5.41, 5.74) is -0.0226. The first kappa shape index (κ1) is 15.9. The predicted octanol–water partition coefficient (Wildman–Crippen LogP) is 1.28. The van der Waals surface area contributed by atoms with Gasteiger partial charge in [-0.2, -0.15) is 5.10 Å². The molecule has 0 saturated carbocycles. The highest BCUT2D eigenvalue weighted by atomic mass is 32.2. The second kappa shape index (κ2) is 6.28. The van der Waals surface area contributed by atoms with Crippen LogP contribution in [0.15, 0.2) is 43.2 Å². The van der Waals surface area contributed by atoms with E-state index in [-0.39, 0.29) is 11.4 Å². The van der Waals surface area contributed by atoms with Gasteiger partial charge in [-0.1, -0.05) is 0 Å². The number of rotatable bonds is 5. The van der Waals surface area contributed by atoms with Crippen LogP contribution in [0.4, 0.5) is 14.6 Å². The Morgan fingerprint density at radius 3 is 2.46 bits per heavy atom. The zero-order chi connectivity index (χ0) is 17.2. The van der Waals surface area contributed by atoms with Crippen LogP contribution in [-0.4, -0.2) is 33.2 Å². The van der Waals surface area contributed by atoms with Gasteiger partial charge in [0, 0.05) is 12.1 Å². The van der Waals surface area contributed by atoms with Gasteiger partial charge in [-0.05, 0) is 17.7 Å². The molecule has 0 bridgehead atoms. The van der Waals surface area contributed by atoms with E-state index >= 15 is 0 Å². The summed E-state index contributed by atoms with van der Waals surface area (Å²) in [5.74, 6) is -2.01. The van der Waals surface area contributed by atoms with Crippen LogP contribution >= 0.6 is 0 Å². The maximum Gasteiger partial charge on any atom is 0.238 e. The number of hydrogen-bond donors (Lipinski definition) is 1. The summed E-state index contributed by atoms with van der Waals surface area (Å²) >= 11 is 0. The van der Waals surface area contributed by atoms with Crippen molar-refractivity contribution in [1.29, 1.82) is 0 Å². The molecule has 0 radical (unpaired) electrons. The summed E-state index contributed by atoms with van der Waals surface area (Å²) in [7, 11) is -3.93. The molecule has 0 aliphatic heterocycles. The maximum atomic E-state index is 13.1. The highest BCUT2D eigenvalue weighted by Crippen LogP contribution is 2.14. The fourth-order valence-electron chi connectivity index (χ4n) is 1.96. The van der Waals surface area contributed by atoms with E-state index in [4.69, 9.17) is 0 Å². The molecule has 0 aliphatic carbocycles. The Morgan fingerprint density at radius 2 is 1.79 bits per heavy atom. The van der Waals surface area contributed by atoms with Crippen LogP contribution in [0.2, 0.25) is 0 Å². The first-order valence-corrected chi connectivity index (χ1v) is 8.19. The number of anilines is 1. The van der Waals surface area contributed by atoms with E-state index in [2.05, 4.69) is 24.8 Å². The van der Waals surface area contributed by atoms with E-state index in [0.29, 0.717) is 11.9 Å². The molecule has 0 fully saturated rings. The number of nitrogens with zero attached hydrogens (tertiary/aromatic N) is 5. The van der Waals surface area contributed by atoms with E-state index in [1.807, 2.05) is 0 Å². The molecule has 0 saturated heterocycles. The van der Waals surface area contributed by atoms with Crippen molar-refractivity contribution in [3.8, 4) is 5.82 Å². The minimum absolute atomic E-state index is 0.00706. The second-order valence-electron chi connectivity index (χ2n) is 4.74. The Hall–Kier alpha value is -2.95. The van der Waals surface area contributed by atoms with Crippen molar-refractivity contribution in [1.82, 2.24) is 24.7 Å². The third kappa shape index (κ3) is 3.87. The lowest BCUT2D eigenvalue weighted by Gasteiger charge is -2.08. The van der Waals surface area contributed by atoms with E-state index in [1.165, 1.54) is 23.4 Å². The molecule has 8 nitrogen and oxygen atoms in total. The smallest absolute Gasteiger partial charge is 0.238 e. The molecule has 11 heteroatoms. The molecule has 0 aliphatic rings. The Bertz CT molecular complexity index is 942. The molecule has 0 spiro atoms. The van der Waals surface area contributed by atoms with Gasteiger partial charge in [0.1, 0.15) is 36.4 Å². The van der Waals surface area contributed by atoms with Crippen molar-refractivity contribution < 1.29 is 17.2 Å². The molecule has 0 unspecified atom stereocenters. The van der Waals surface area contributed by atoms with Crippen LogP contribution in [0.5, 0.6) is 0 Å². The molecular formula is C13H10F2N6O2S. The van der Waals surface area contributed by atoms with Gasteiger partial charge in [0.25, 0.3) is 0 Å². The van der Waals surface area contributed by atoms with Crippen molar-refractivity contribution >= 4 is 15.8 Å². The first-order valence-electron chi connectivity index (χ1n) is 6.54. The molecule has 1 aromatic carbocycles. The first-order chi connectivity index (χ1) is 11.4. The summed E-state index contributed by atoms with van der Waals surface area (Å²) in [5, 5.41) is 3.87. The highest BCUT2D eigenvalue weighted by Gasteiger charge is 2.15. The molecule has 124 valence electrons. The molecule has 3 rings (SSSR count). The SMILES string of the molecule is O=S(=O)(Cc1cc(F)cc(F)c1)Nc1cc(-n2cncn2)ncn1. The molecule has 0 amide bonds. The summed E-state index contributed by atoms with van der Waals surface area (Å²) in [4.78, 5) is 11.5. The van der Waals surface area contributed by atoms with Crippen LogP contribution in [0.1, 0.15) is 5.56 Å². The van der Waals surface area contributed by atoms with E-state index < -0.39 is 27.4 Å². The minimum atomic E-state index is -3.93. The molecule has 3 aromatic rings. The standard InChI is InChI=1S/C13H10F2N6O2S/c14-10-1-9(2-11(15)3-10)5-24(22,23)20-12-4-13(18-7-17-12)21-8-16-6-19-21/h1-4,6-8H,5H2,(H,17,18,20). The lowest BCUT2D eigenvalue weighted by Crippen LogP contribution is -2.16. The monoisotopic (exact) mass is 352 g/mol. The van der Waals surface area contributed by atoms with Crippen LogP contribution in [0, 0.1) is 11.6 Å². The number of sulfonamides is 1. The maximum absolute atomic E-state index is 13.1. The van der Waals surface area contributed by atoms with Crippen LogP contribution in [-0.2, 0) is 15.8 Å². The predicted molar refractivity (Wildman–Crippen MR) is 79.6 cm³/mol. The third-order valence-corrected chi connectivity index (χ3v) is 4.08. The van der Waals surface area contributed by atoms with Crippen LogP contribution in [0.25, 0.3) is 5.82 Å². The fraction of sp³-hybridized carbons (Fsp3) is 0.0769. The number of hydrogen-bond acceptors (Lipinski definition) is 6. The van der Waals surface area contributed by atoms with Gasteiger partial charge in [0.05, 0.1) is 5.75 Å². The summed E-state index contributed by atoms with van der Waals surface area (Å²) < 4.78 is 54.1. The largest absolute Gasteiger partial charge is 0.267 e. The van der Waals surface area contributed by atoms with Gasteiger partial charge in [-0.3, -0.25) is 4.72 Å². The number of nitrogens with one attached hydrogen (secondary N) is 1. The minimum Gasteiger partial charge on any atom is -0.267 e. The van der Waals surface area contributed by atoms with Gasteiger partial charge in [0.2, 0.25) is 10.0 Å². The quantitative estimate of drug-likeness (QED) is 0.742. The van der Waals surface area contributed by atoms with Crippen molar-refractivity contribution in [3.63, 3.8) is 0 Å². The van der Waals surface area contributed by atoms with Crippen molar-refractivity contribution in [3.05, 3.63) is 60.4 Å². The zero-order valence-corrected chi connectivity index (χ0v) is 12.8. The molecule has 24 heavy (non-hydrogen) atoms. The molecule has 2 heterocycles. The van der Waals surface area contributed by atoms with Gasteiger partial charge in [-0.25, -0.2) is 36.8 Å². The summed E-state index contributed by atoms with van der Waals surface area (Å²) in [6.45, 7) is 0. The summed E-state index contributed by atoms with van der Waals surface area (Å²) in [6, 6.07) is 3.91. The van der Waals surface area contributed by atoms with Crippen molar-refractivity contribution in [2.75, 3.05) is 4.72 Å². The van der Waals surface area contributed by atoms with Crippen molar-refractivity contribution in [2.24, 2.45) is 0 Å². The Kier molecular flexibility index (Phi) is 4.16. The lowest BCUT2D eigenvalue weighted by molar-refractivity contribution is 0.579. The zero-order valence-electron chi connectivity index (χ0n) is 12.0. The van der Waals surface area contributed by atoms with Crippen LogP contribution in [0.3, 0.4) is 0 Å². The van der Waals surface area contributed by atoms with E-state index in [0.717, 1.165) is 18.5 Å². The fourth-order valence-corrected chi connectivity index (χ4v) is 3.07. The normalized spacial score (nSPS) is 11.4. The number of benzene rings is 1. The topological polar surface area (TPSA) is 103 Å².